The van der Waals surface area contributed by atoms with Crippen LogP contribution >= 0.6 is 11.3 Å². The van der Waals surface area contributed by atoms with Crippen molar-refractivity contribution in [2.24, 2.45) is 0 Å². The van der Waals surface area contributed by atoms with Crippen LogP contribution in [0.4, 0.5) is 5.00 Å². The minimum absolute atomic E-state index is 0.0514. The second kappa shape index (κ2) is 8.75. The van der Waals surface area contributed by atoms with Crippen molar-refractivity contribution in [1.29, 1.82) is 0 Å². The summed E-state index contributed by atoms with van der Waals surface area (Å²) in [5.41, 5.74) is 0.637. The van der Waals surface area contributed by atoms with Crippen molar-refractivity contribution >= 4 is 48.7 Å². The fraction of sp³-hybridized carbons (Fsp3) is 0.238. The number of sulfonamides is 1. The van der Waals surface area contributed by atoms with Crippen molar-refractivity contribution in [2.75, 3.05) is 18.0 Å². The lowest BCUT2D eigenvalue weighted by molar-refractivity contribution is 0.0600. The number of ether oxygens (including phenoxy) is 1. The molecule has 6 nitrogen and oxygen atoms in total. The fourth-order valence-corrected chi connectivity index (χ4v) is 5.92. The van der Waals surface area contributed by atoms with E-state index in [1.807, 2.05) is 31.2 Å². The number of fused-ring (bicyclic) bond motifs is 1. The SMILES string of the molecule is CCCCN(c1sc2ccccc2c1C=O)S(=O)(=O)c1ccc(C(=O)OC)cc1. The van der Waals surface area contributed by atoms with Gasteiger partial charge in [0.1, 0.15) is 5.00 Å². The summed E-state index contributed by atoms with van der Waals surface area (Å²) in [5.74, 6) is -0.537. The number of esters is 1. The molecule has 3 rings (SSSR count). The van der Waals surface area contributed by atoms with E-state index < -0.39 is 16.0 Å². The number of carbonyl (C=O) groups is 2. The van der Waals surface area contributed by atoms with Gasteiger partial charge in [0, 0.05) is 16.6 Å². The van der Waals surface area contributed by atoms with Gasteiger partial charge in [-0.1, -0.05) is 31.5 Å². The number of carbonyl (C=O) groups excluding carboxylic acids is 2. The van der Waals surface area contributed by atoms with Gasteiger partial charge < -0.3 is 4.74 Å². The Morgan fingerprint density at radius 3 is 2.45 bits per heavy atom. The maximum atomic E-state index is 13.4. The van der Waals surface area contributed by atoms with Gasteiger partial charge in [-0.25, -0.2) is 13.2 Å². The minimum atomic E-state index is -3.92. The number of anilines is 1. The van der Waals surface area contributed by atoms with Gasteiger partial charge in [0.15, 0.2) is 6.29 Å². The zero-order valence-corrected chi connectivity index (χ0v) is 17.8. The lowest BCUT2D eigenvalue weighted by Crippen LogP contribution is -2.32. The molecule has 8 heteroatoms. The van der Waals surface area contributed by atoms with Crippen molar-refractivity contribution in [3.63, 3.8) is 0 Å². The third kappa shape index (κ3) is 4.04. The molecule has 29 heavy (non-hydrogen) atoms. The van der Waals surface area contributed by atoms with Gasteiger partial charge in [-0.15, -0.1) is 11.3 Å². The molecule has 0 aliphatic heterocycles. The first-order valence-corrected chi connectivity index (χ1v) is 11.4. The maximum Gasteiger partial charge on any atom is 0.337 e. The Balaban J connectivity index is 2.11. The van der Waals surface area contributed by atoms with E-state index in [-0.39, 0.29) is 17.0 Å². The quantitative estimate of drug-likeness (QED) is 0.388. The number of thiophene rings is 1. The van der Waals surface area contributed by atoms with Gasteiger partial charge in [-0.05, 0) is 36.8 Å². The summed E-state index contributed by atoms with van der Waals surface area (Å²) >= 11 is 1.28. The number of hydrogen-bond donors (Lipinski definition) is 0. The average Bonchev–Trinajstić information content (AvgIpc) is 3.11. The van der Waals surface area contributed by atoms with E-state index in [0.29, 0.717) is 23.3 Å². The van der Waals surface area contributed by atoms with Crippen LogP contribution in [-0.2, 0) is 14.8 Å². The first kappa shape index (κ1) is 21.0. The molecule has 3 aromatic rings. The molecule has 1 aromatic heterocycles. The molecule has 1 heterocycles. The van der Waals surface area contributed by atoms with Crippen molar-refractivity contribution in [3.05, 3.63) is 59.7 Å². The Morgan fingerprint density at radius 2 is 1.83 bits per heavy atom. The van der Waals surface area contributed by atoms with Gasteiger partial charge in [0.05, 0.1) is 23.1 Å². The molecule has 0 spiro atoms. The van der Waals surface area contributed by atoms with E-state index in [0.717, 1.165) is 16.5 Å². The molecule has 0 saturated heterocycles. The number of nitrogens with zero attached hydrogens (tertiary/aromatic N) is 1. The highest BCUT2D eigenvalue weighted by atomic mass is 32.2. The van der Waals surface area contributed by atoms with Crippen LogP contribution in [0.5, 0.6) is 0 Å². The highest BCUT2D eigenvalue weighted by Crippen LogP contribution is 2.39. The van der Waals surface area contributed by atoms with E-state index in [1.165, 1.54) is 47.0 Å². The summed E-state index contributed by atoms with van der Waals surface area (Å²) in [6.45, 7) is 2.23. The monoisotopic (exact) mass is 431 g/mol. The predicted molar refractivity (Wildman–Crippen MR) is 114 cm³/mol. The molecular formula is C21H21NO5S2. The van der Waals surface area contributed by atoms with E-state index in [4.69, 9.17) is 0 Å². The second-order valence-corrected chi connectivity index (χ2v) is 9.27. The summed E-state index contributed by atoms with van der Waals surface area (Å²) in [4.78, 5) is 23.5. The zero-order chi connectivity index (χ0) is 21.0. The highest BCUT2D eigenvalue weighted by molar-refractivity contribution is 7.93. The van der Waals surface area contributed by atoms with E-state index >= 15 is 0 Å². The van der Waals surface area contributed by atoms with Crippen molar-refractivity contribution in [3.8, 4) is 0 Å². The molecule has 0 fully saturated rings. The topological polar surface area (TPSA) is 80.8 Å². The molecule has 0 amide bonds. The Kier molecular flexibility index (Phi) is 6.34. The van der Waals surface area contributed by atoms with Crippen LogP contribution in [0.15, 0.2) is 53.4 Å². The Bertz CT molecular complexity index is 1130. The van der Waals surface area contributed by atoms with Crippen LogP contribution in [-0.4, -0.2) is 34.3 Å². The van der Waals surface area contributed by atoms with Crippen LogP contribution in [0.2, 0.25) is 0 Å². The maximum absolute atomic E-state index is 13.4. The smallest absolute Gasteiger partial charge is 0.337 e. The molecule has 2 aromatic carbocycles. The lowest BCUT2D eigenvalue weighted by atomic mass is 10.2. The standard InChI is InChI=1S/C21H21NO5S2/c1-3-4-13-22(20-18(14-23)17-7-5-6-8-19(17)28-20)29(25,26)16-11-9-15(10-12-16)21(24)27-2/h5-12,14H,3-4,13H2,1-2H3. The van der Waals surface area contributed by atoms with Crippen molar-refractivity contribution in [2.45, 2.75) is 24.7 Å². The first-order valence-electron chi connectivity index (χ1n) is 9.11. The summed E-state index contributed by atoms with van der Waals surface area (Å²) in [6.07, 6.45) is 2.16. The highest BCUT2D eigenvalue weighted by Gasteiger charge is 2.29. The Hall–Kier alpha value is -2.71. The van der Waals surface area contributed by atoms with Crippen LogP contribution in [0.25, 0.3) is 10.1 Å². The van der Waals surface area contributed by atoms with Gasteiger partial charge in [0.25, 0.3) is 10.0 Å². The summed E-state index contributed by atoms with van der Waals surface area (Å²) < 4.78 is 33.7. The Labute approximate surface area is 173 Å². The minimum Gasteiger partial charge on any atom is -0.465 e. The molecule has 0 unspecified atom stereocenters. The average molecular weight is 432 g/mol. The molecule has 0 N–H and O–H groups in total. The van der Waals surface area contributed by atoms with Crippen molar-refractivity contribution < 1.29 is 22.7 Å². The van der Waals surface area contributed by atoms with Crippen LogP contribution in [0.1, 0.15) is 40.5 Å². The summed E-state index contributed by atoms with van der Waals surface area (Å²) in [7, 11) is -2.66. The third-order valence-electron chi connectivity index (χ3n) is 4.54. The van der Waals surface area contributed by atoms with E-state index in [2.05, 4.69) is 4.74 Å². The zero-order valence-electron chi connectivity index (χ0n) is 16.1. The Morgan fingerprint density at radius 1 is 1.14 bits per heavy atom. The molecule has 152 valence electrons. The largest absolute Gasteiger partial charge is 0.465 e. The first-order chi connectivity index (χ1) is 13.9. The van der Waals surface area contributed by atoms with Gasteiger partial charge >= 0.3 is 5.97 Å². The molecule has 0 atom stereocenters. The lowest BCUT2D eigenvalue weighted by Gasteiger charge is -2.23. The van der Waals surface area contributed by atoms with Gasteiger partial charge in [0.2, 0.25) is 0 Å². The summed E-state index contributed by atoms with van der Waals surface area (Å²) in [5, 5.41) is 1.15. The van der Waals surface area contributed by atoms with E-state index in [9.17, 15) is 18.0 Å². The molecule has 0 aliphatic carbocycles. The molecule has 0 radical (unpaired) electrons. The van der Waals surface area contributed by atoms with Gasteiger partial charge in [-0.2, -0.15) is 0 Å². The van der Waals surface area contributed by atoms with E-state index in [1.54, 1.807) is 0 Å². The number of benzene rings is 2. The second-order valence-electron chi connectivity index (χ2n) is 6.38. The molecule has 0 aliphatic rings. The summed E-state index contributed by atoms with van der Waals surface area (Å²) in [6, 6.07) is 13.0. The third-order valence-corrected chi connectivity index (χ3v) is 7.68. The molecular weight excluding hydrogens is 410 g/mol. The number of methoxy groups -OCH3 is 1. The number of rotatable bonds is 8. The number of aldehydes is 1. The van der Waals surface area contributed by atoms with Crippen LogP contribution in [0.3, 0.4) is 0 Å². The van der Waals surface area contributed by atoms with Crippen molar-refractivity contribution in [1.82, 2.24) is 0 Å². The normalized spacial score (nSPS) is 11.4. The number of unbranched alkanes of at least 4 members (excludes halogenated alkanes) is 1. The van der Waals surface area contributed by atoms with Gasteiger partial charge in [-0.3, -0.25) is 9.10 Å². The predicted octanol–water partition coefficient (Wildman–Crippen LogP) is 4.50. The van der Waals surface area contributed by atoms with Crippen LogP contribution < -0.4 is 4.31 Å². The van der Waals surface area contributed by atoms with Crippen LogP contribution in [0, 0.1) is 0 Å². The fourth-order valence-electron chi connectivity index (χ4n) is 2.99. The number of hydrogen-bond acceptors (Lipinski definition) is 6. The molecule has 0 bridgehead atoms. The molecule has 0 saturated carbocycles.